The van der Waals surface area contributed by atoms with Gasteiger partial charge in [0, 0.05) is 6.54 Å². The first kappa shape index (κ1) is 17.4. The summed E-state index contributed by atoms with van der Waals surface area (Å²) in [6.45, 7) is 4.63. The largest absolute Gasteiger partial charge is 0.410 e. The molecule has 1 aromatic heterocycles. The van der Waals surface area contributed by atoms with Crippen molar-refractivity contribution < 1.29 is 18.9 Å². The number of aromatic nitrogens is 2. The van der Waals surface area contributed by atoms with Gasteiger partial charge in [0.1, 0.15) is 6.04 Å². The lowest BCUT2D eigenvalue weighted by Crippen LogP contribution is -3.04. The molecule has 9 heteroatoms. The van der Waals surface area contributed by atoms with E-state index in [1.165, 1.54) is 4.90 Å². The Morgan fingerprint density at radius 3 is 2.71 bits per heavy atom. The number of nitrogens with zero attached hydrogens (tertiary/aromatic N) is 2. The summed E-state index contributed by atoms with van der Waals surface area (Å²) in [5.74, 6) is 0.204. The molecule has 1 rings (SSSR count). The van der Waals surface area contributed by atoms with Crippen molar-refractivity contribution in [1.82, 2.24) is 20.8 Å². The Morgan fingerprint density at radius 2 is 2.10 bits per heavy atom. The molecule has 1 aromatic rings. The van der Waals surface area contributed by atoms with Crippen LogP contribution in [0.2, 0.25) is 0 Å². The Labute approximate surface area is 128 Å². The molecule has 0 fully saturated rings. The molecule has 0 saturated carbocycles. The number of quaternary nitrogens is 1. The number of hydrogen-bond donors (Lipinski definition) is 3. The molecule has 0 aliphatic heterocycles. The lowest BCUT2D eigenvalue weighted by atomic mass is 10.3. The van der Waals surface area contributed by atoms with Crippen LogP contribution in [-0.2, 0) is 16.1 Å². The number of nitrogens with one attached hydrogen (secondary N) is 3. The fourth-order valence-corrected chi connectivity index (χ4v) is 2.07. The smallest absolute Gasteiger partial charge is 0.277 e. The molecule has 0 bridgehead atoms. The summed E-state index contributed by atoms with van der Waals surface area (Å²) < 4.78 is 5.40. The predicted molar refractivity (Wildman–Crippen MR) is 77.8 cm³/mol. The SMILES string of the molecule is CCNC(=O)[C@H](C)NC(=O)CSc1nnc(C[NH+](C)C)o1. The summed E-state index contributed by atoms with van der Waals surface area (Å²) in [4.78, 5) is 24.4. The Balaban J connectivity index is 2.35. The maximum atomic E-state index is 11.7. The third kappa shape index (κ3) is 6.58. The van der Waals surface area contributed by atoms with E-state index in [9.17, 15) is 9.59 Å². The standard InChI is InChI=1S/C12H21N5O3S/c1-5-13-11(19)8(2)14-9(18)7-21-12-16-15-10(20-12)6-17(3)4/h8H,5-7H2,1-4H3,(H,13,19)(H,14,18)/p+1/t8-/m0/s1. The highest BCUT2D eigenvalue weighted by Crippen LogP contribution is 2.15. The Bertz CT molecular complexity index is 477. The zero-order valence-corrected chi connectivity index (χ0v) is 13.5. The number of amides is 2. The third-order valence-electron chi connectivity index (χ3n) is 2.40. The Hall–Kier alpha value is -1.61. The summed E-state index contributed by atoms with van der Waals surface area (Å²) in [6.07, 6.45) is 0. The third-order valence-corrected chi connectivity index (χ3v) is 3.22. The van der Waals surface area contributed by atoms with E-state index in [-0.39, 0.29) is 17.6 Å². The van der Waals surface area contributed by atoms with E-state index < -0.39 is 6.04 Å². The van der Waals surface area contributed by atoms with Crippen molar-refractivity contribution in [3.05, 3.63) is 5.89 Å². The van der Waals surface area contributed by atoms with E-state index in [1.807, 2.05) is 21.0 Å². The molecule has 0 aromatic carbocycles. The monoisotopic (exact) mass is 316 g/mol. The van der Waals surface area contributed by atoms with Crippen molar-refractivity contribution in [2.75, 3.05) is 26.4 Å². The second kappa shape index (κ2) is 8.63. The highest BCUT2D eigenvalue weighted by atomic mass is 32.2. The lowest BCUT2D eigenvalue weighted by molar-refractivity contribution is -0.874. The molecule has 0 aliphatic carbocycles. The molecule has 118 valence electrons. The van der Waals surface area contributed by atoms with Gasteiger partial charge in [-0.2, -0.15) is 0 Å². The molecule has 2 amide bonds. The van der Waals surface area contributed by atoms with Crippen molar-refractivity contribution in [3.63, 3.8) is 0 Å². The predicted octanol–water partition coefficient (Wildman–Crippen LogP) is -1.55. The zero-order valence-electron chi connectivity index (χ0n) is 12.7. The molecule has 0 unspecified atom stereocenters. The molecule has 21 heavy (non-hydrogen) atoms. The zero-order chi connectivity index (χ0) is 15.8. The van der Waals surface area contributed by atoms with E-state index in [0.29, 0.717) is 24.2 Å². The minimum absolute atomic E-state index is 0.125. The number of carbonyl (C=O) groups is 2. The van der Waals surface area contributed by atoms with Gasteiger partial charge in [0.15, 0.2) is 6.54 Å². The second-order valence-electron chi connectivity index (χ2n) is 4.82. The topological polar surface area (TPSA) is 102 Å². The van der Waals surface area contributed by atoms with Crippen LogP contribution in [0.4, 0.5) is 0 Å². The van der Waals surface area contributed by atoms with Gasteiger partial charge in [-0.3, -0.25) is 9.59 Å². The summed E-state index contributed by atoms with van der Waals surface area (Å²) >= 11 is 1.15. The molecule has 8 nitrogen and oxygen atoms in total. The minimum Gasteiger partial charge on any atom is -0.410 e. The first-order valence-corrected chi connectivity index (χ1v) is 7.72. The molecule has 3 N–H and O–H groups in total. The van der Waals surface area contributed by atoms with E-state index >= 15 is 0 Å². The quantitative estimate of drug-likeness (QED) is 0.502. The molecule has 0 radical (unpaired) electrons. The molecule has 1 heterocycles. The van der Waals surface area contributed by atoms with Crippen LogP contribution in [0, 0.1) is 0 Å². The van der Waals surface area contributed by atoms with Gasteiger partial charge in [-0.1, -0.05) is 11.8 Å². The maximum Gasteiger partial charge on any atom is 0.277 e. The van der Waals surface area contributed by atoms with Crippen molar-refractivity contribution in [3.8, 4) is 0 Å². The van der Waals surface area contributed by atoms with Crippen LogP contribution in [-0.4, -0.2) is 54.4 Å². The van der Waals surface area contributed by atoms with Gasteiger partial charge in [-0.15, -0.1) is 10.2 Å². The molecule has 1 atom stereocenters. The number of hydrogen-bond acceptors (Lipinski definition) is 6. The normalized spacial score (nSPS) is 12.2. The van der Waals surface area contributed by atoms with E-state index in [1.54, 1.807) is 6.92 Å². The first-order chi connectivity index (χ1) is 9.92. The van der Waals surface area contributed by atoms with Crippen molar-refractivity contribution >= 4 is 23.6 Å². The van der Waals surface area contributed by atoms with Gasteiger partial charge in [0.2, 0.25) is 11.8 Å². The second-order valence-corrected chi connectivity index (χ2v) is 5.74. The fourth-order valence-electron chi connectivity index (χ4n) is 1.47. The number of rotatable bonds is 8. The number of thioether (sulfide) groups is 1. The van der Waals surface area contributed by atoms with Gasteiger partial charge in [-0.25, -0.2) is 0 Å². The summed E-state index contributed by atoms with van der Waals surface area (Å²) in [5, 5.41) is 13.4. The van der Waals surface area contributed by atoms with Crippen LogP contribution in [0.25, 0.3) is 0 Å². The Morgan fingerprint density at radius 1 is 1.38 bits per heavy atom. The fraction of sp³-hybridized carbons (Fsp3) is 0.667. The molecule has 0 saturated heterocycles. The number of carbonyl (C=O) groups excluding carboxylic acids is 2. The lowest BCUT2D eigenvalue weighted by Gasteiger charge is -2.12. The van der Waals surface area contributed by atoms with Gasteiger partial charge in [0.05, 0.1) is 19.8 Å². The highest BCUT2D eigenvalue weighted by molar-refractivity contribution is 7.99. The van der Waals surface area contributed by atoms with Crippen LogP contribution < -0.4 is 15.5 Å². The summed E-state index contributed by atoms with van der Waals surface area (Å²) in [6, 6.07) is -0.561. The highest BCUT2D eigenvalue weighted by Gasteiger charge is 2.16. The van der Waals surface area contributed by atoms with Gasteiger partial charge < -0.3 is 20.0 Å². The molecular weight excluding hydrogens is 294 g/mol. The van der Waals surface area contributed by atoms with Crippen molar-refractivity contribution in [2.24, 2.45) is 0 Å². The average molecular weight is 316 g/mol. The first-order valence-electron chi connectivity index (χ1n) is 6.73. The van der Waals surface area contributed by atoms with Crippen LogP contribution >= 0.6 is 11.8 Å². The molecule has 0 aliphatic rings. The van der Waals surface area contributed by atoms with Gasteiger partial charge in [-0.05, 0) is 13.8 Å². The summed E-state index contributed by atoms with van der Waals surface area (Å²) in [7, 11) is 3.96. The molecule has 0 spiro atoms. The van der Waals surface area contributed by atoms with Crippen LogP contribution in [0.3, 0.4) is 0 Å². The van der Waals surface area contributed by atoms with Gasteiger partial charge in [0.25, 0.3) is 11.1 Å². The van der Waals surface area contributed by atoms with Crippen LogP contribution in [0.15, 0.2) is 9.64 Å². The maximum absolute atomic E-state index is 11.7. The van der Waals surface area contributed by atoms with E-state index in [4.69, 9.17) is 4.42 Å². The van der Waals surface area contributed by atoms with Crippen molar-refractivity contribution in [2.45, 2.75) is 31.7 Å². The Kier molecular flexibility index (Phi) is 7.17. The average Bonchev–Trinajstić information content (AvgIpc) is 2.83. The molecular formula is C12H22N5O3S+. The van der Waals surface area contributed by atoms with Gasteiger partial charge >= 0.3 is 0 Å². The van der Waals surface area contributed by atoms with Crippen molar-refractivity contribution in [1.29, 1.82) is 0 Å². The minimum atomic E-state index is -0.561. The summed E-state index contributed by atoms with van der Waals surface area (Å²) in [5.41, 5.74) is 0. The number of likely N-dealkylation sites (N-methyl/N-ethyl adjacent to an activating group) is 1. The van der Waals surface area contributed by atoms with E-state index in [2.05, 4.69) is 20.8 Å². The van der Waals surface area contributed by atoms with Crippen LogP contribution in [0.1, 0.15) is 19.7 Å². The van der Waals surface area contributed by atoms with E-state index in [0.717, 1.165) is 11.8 Å². The van der Waals surface area contributed by atoms with Crippen LogP contribution in [0.5, 0.6) is 0 Å².